The second-order valence-corrected chi connectivity index (χ2v) is 4.47. The predicted molar refractivity (Wildman–Crippen MR) is 73.1 cm³/mol. The second kappa shape index (κ2) is 6.19. The summed E-state index contributed by atoms with van der Waals surface area (Å²) in [4.78, 5) is 26.0. The van der Waals surface area contributed by atoms with E-state index in [1.54, 1.807) is 25.1 Å². The van der Waals surface area contributed by atoms with Crippen molar-refractivity contribution in [3.8, 4) is 0 Å². The molecule has 0 heterocycles. The van der Waals surface area contributed by atoms with Crippen molar-refractivity contribution in [2.45, 2.75) is 13.8 Å². The van der Waals surface area contributed by atoms with Crippen LogP contribution in [0.15, 0.2) is 18.2 Å². The Morgan fingerprint density at radius 1 is 1.33 bits per heavy atom. The molecule has 1 aromatic carbocycles. The van der Waals surface area contributed by atoms with Crippen molar-refractivity contribution in [2.75, 3.05) is 32.1 Å². The van der Waals surface area contributed by atoms with Crippen LogP contribution in [-0.4, -0.2) is 44.3 Å². The molecule has 0 unspecified atom stereocenters. The summed E-state index contributed by atoms with van der Waals surface area (Å²) in [6, 6.07) is 5.51. The van der Waals surface area contributed by atoms with E-state index in [9.17, 15) is 9.59 Å². The Labute approximate surface area is 108 Å². The first-order valence-electron chi connectivity index (χ1n) is 6.00. The number of likely N-dealkylation sites (N-methyl/N-ethyl adjacent to an activating group) is 2. The molecule has 4 heteroatoms. The molecule has 0 bridgehead atoms. The van der Waals surface area contributed by atoms with Crippen LogP contribution in [0.5, 0.6) is 0 Å². The Balaban J connectivity index is 2.95. The lowest BCUT2D eigenvalue weighted by Gasteiger charge is -2.25. The minimum absolute atomic E-state index is 0.0655. The van der Waals surface area contributed by atoms with Crippen molar-refractivity contribution < 1.29 is 9.59 Å². The Bertz CT molecular complexity index is 441. The fourth-order valence-electron chi connectivity index (χ4n) is 1.78. The van der Waals surface area contributed by atoms with Gasteiger partial charge >= 0.3 is 0 Å². The van der Waals surface area contributed by atoms with Crippen molar-refractivity contribution in [3.63, 3.8) is 0 Å². The van der Waals surface area contributed by atoms with Crippen LogP contribution in [0.4, 0.5) is 5.69 Å². The third kappa shape index (κ3) is 3.32. The molecular formula is C14H20N2O2. The first kappa shape index (κ1) is 14.2. The lowest BCUT2D eigenvalue weighted by molar-refractivity contribution is -0.127. The molecule has 0 aliphatic rings. The van der Waals surface area contributed by atoms with Gasteiger partial charge in [0.05, 0.1) is 6.54 Å². The van der Waals surface area contributed by atoms with E-state index in [1.807, 2.05) is 30.9 Å². The predicted octanol–water partition coefficient (Wildman–Crippen LogP) is 1.72. The molecule has 0 fully saturated rings. The van der Waals surface area contributed by atoms with Gasteiger partial charge in [-0.2, -0.15) is 0 Å². The number of benzene rings is 1. The Kier molecular flexibility index (Phi) is 4.89. The van der Waals surface area contributed by atoms with Crippen LogP contribution in [0, 0.1) is 6.92 Å². The van der Waals surface area contributed by atoms with Gasteiger partial charge in [-0.1, -0.05) is 0 Å². The summed E-state index contributed by atoms with van der Waals surface area (Å²) < 4.78 is 0. The third-order valence-corrected chi connectivity index (χ3v) is 2.90. The number of carbonyl (C=O) groups is 2. The molecule has 0 aliphatic carbocycles. The van der Waals surface area contributed by atoms with E-state index < -0.39 is 0 Å². The van der Waals surface area contributed by atoms with E-state index in [0.717, 1.165) is 24.1 Å². The minimum atomic E-state index is 0.0655. The number of hydrogen-bond acceptors (Lipinski definition) is 3. The highest BCUT2D eigenvalue weighted by atomic mass is 16.2. The highest BCUT2D eigenvalue weighted by Crippen LogP contribution is 2.20. The van der Waals surface area contributed by atoms with Gasteiger partial charge in [0.15, 0.2) is 0 Å². The summed E-state index contributed by atoms with van der Waals surface area (Å²) in [5.41, 5.74) is 2.66. The molecule has 0 spiro atoms. The van der Waals surface area contributed by atoms with E-state index in [2.05, 4.69) is 0 Å². The van der Waals surface area contributed by atoms with Gasteiger partial charge in [0.2, 0.25) is 5.91 Å². The molecule has 0 aliphatic heterocycles. The smallest absolute Gasteiger partial charge is 0.241 e. The molecule has 1 rings (SSSR count). The molecule has 98 valence electrons. The number of anilines is 1. The molecule has 4 nitrogen and oxygen atoms in total. The quantitative estimate of drug-likeness (QED) is 0.745. The van der Waals surface area contributed by atoms with Gasteiger partial charge in [-0.05, 0) is 37.6 Å². The summed E-state index contributed by atoms with van der Waals surface area (Å²) in [6.45, 7) is 5.06. The highest BCUT2D eigenvalue weighted by Gasteiger charge is 2.13. The highest BCUT2D eigenvalue weighted by molar-refractivity contribution is 5.82. The summed E-state index contributed by atoms with van der Waals surface area (Å²) in [6.07, 6.45) is 0.831. The monoisotopic (exact) mass is 248 g/mol. The van der Waals surface area contributed by atoms with E-state index in [-0.39, 0.29) is 5.91 Å². The maximum absolute atomic E-state index is 11.7. The average Bonchev–Trinajstić information content (AvgIpc) is 2.35. The fourth-order valence-corrected chi connectivity index (χ4v) is 1.78. The zero-order chi connectivity index (χ0) is 13.7. The number of aryl methyl sites for hydroxylation is 1. The number of amides is 1. The van der Waals surface area contributed by atoms with Crippen molar-refractivity contribution in [2.24, 2.45) is 0 Å². The third-order valence-electron chi connectivity index (χ3n) is 2.90. The second-order valence-electron chi connectivity index (χ2n) is 4.47. The molecule has 1 aromatic rings. The largest absolute Gasteiger partial charge is 0.362 e. The van der Waals surface area contributed by atoms with E-state index in [0.29, 0.717) is 12.1 Å². The SMILES string of the molecule is CCN(CC(=O)N(C)C)c1ccc(C=O)cc1C. The van der Waals surface area contributed by atoms with Gasteiger partial charge < -0.3 is 9.80 Å². The van der Waals surface area contributed by atoms with Crippen molar-refractivity contribution in [3.05, 3.63) is 29.3 Å². The fraction of sp³-hybridized carbons (Fsp3) is 0.429. The van der Waals surface area contributed by atoms with Gasteiger partial charge in [-0.25, -0.2) is 0 Å². The number of hydrogen-bond donors (Lipinski definition) is 0. The van der Waals surface area contributed by atoms with Gasteiger partial charge in [0.25, 0.3) is 0 Å². The zero-order valence-corrected chi connectivity index (χ0v) is 11.4. The molecular weight excluding hydrogens is 228 g/mol. The Morgan fingerprint density at radius 2 is 2.00 bits per heavy atom. The molecule has 0 aromatic heterocycles. The first-order chi connectivity index (χ1) is 8.49. The molecule has 0 atom stereocenters. The summed E-state index contributed by atoms with van der Waals surface area (Å²) in [7, 11) is 3.50. The van der Waals surface area contributed by atoms with Crippen LogP contribution in [0.1, 0.15) is 22.8 Å². The van der Waals surface area contributed by atoms with Crippen LogP contribution in [0.2, 0.25) is 0 Å². The number of rotatable bonds is 5. The van der Waals surface area contributed by atoms with Crippen LogP contribution in [0.3, 0.4) is 0 Å². The molecule has 0 N–H and O–H groups in total. The maximum Gasteiger partial charge on any atom is 0.241 e. The number of aldehydes is 1. The lowest BCUT2D eigenvalue weighted by Crippen LogP contribution is -2.36. The summed E-state index contributed by atoms with van der Waals surface area (Å²) >= 11 is 0. The van der Waals surface area contributed by atoms with Crippen molar-refractivity contribution >= 4 is 17.9 Å². The summed E-state index contributed by atoms with van der Waals surface area (Å²) in [5, 5.41) is 0. The van der Waals surface area contributed by atoms with Crippen LogP contribution >= 0.6 is 0 Å². The van der Waals surface area contributed by atoms with Crippen LogP contribution in [-0.2, 0) is 4.79 Å². The van der Waals surface area contributed by atoms with Crippen molar-refractivity contribution in [1.29, 1.82) is 0 Å². The zero-order valence-electron chi connectivity index (χ0n) is 11.4. The van der Waals surface area contributed by atoms with E-state index >= 15 is 0 Å². The molecule has 0 saturated carbocycles. The lowest BCUT2D eigenvalue weighted by atomic mass is 10.1. The summed E-state index contributed by atoms with van der Waals surface area (Å²) in [5.74, 6) is 0.0655. The normalized spacial score (nSPS) is 10.0. The van der Waals surface area contributed by atoms with E-state index in [4.69, 9.17) is 0 Å². The van der Waals surface area contributed by atoms with Gasteiger partial charge in [0, 0.05) is 31.9 Å². The van der Waals surface area contributed by atoms with E-state index in [1.165, 1.54) is 0 Å². The number of carbonyl (C=O) groups excluding carboxylic acids is 2. The van der Waals surface area contributed by atoms with Gasteiger partial charge in [-0.3, -0.25) is 9.59 Å². The number of nitrogens with zero attached hydrogens (tertiary/aromatic N) is 2. The maximum atomic E-state index is 11.7. The Hall–Kier alpha value is -1.84. The van der Waals surface area contributed by atoms with Crippen LogP contribution in [0.25, 0.3) is 0 Å². The minimum Gasteiger partial charge on any atom is -0.362 e. The van der Waals surface area contributed by atoms with Crippen molar-refractivity contribution in [1.82, 2.24) is 4.90 Å². The molecule has 1 amide bonds. The van der Waals surface area contributed by atoms with Gasteiger partial charge in [-0.15, -0.1) is 0 Å². The average molecular weight is 248 g/mol. The standard InChI is InChI=1S/C14H20N2O2/c1-5-16(9-14(18)15(3)4)13-7-6-12(10-17)8-11(13)2/h6-8,10H,5,9H2,1-4H3. The molecule has 0 radical (unpaired) electrons. The topological polar surface area (TPSA) is 40.6 Å². The molecule has 18 heavy (non-hydrogen) atoms. The van der Waals surface area contributed by atoms with Gasteiger partial charge in [0.1, 0.15) is 6.29 Å². The Morgan fingerprint density at radius 3 is 2.44 bits per heavy atom. The first-order valence-corrected chi connectivity index (χ1v) is 6.00. The van der Waals surface area contributed by atoms with Crippen LogP contribution < -0.4 is 4.90 Å². The molecule has 0 saturated heterocycles.